The van der Waals surface area contributed by atoms with Gasteiger partial charge in [0.15, 0.2) is 5.78 Å². The van der Waals surface area contributed by atoms with Crippen LogP contribution in [0.4, 0.5) is 0 Å². The highest BCUT2D eigenvalue weighted by Gasteiger charge is 2.17. The smallest absolute Gasteiger partial charge is 0.158 e. The van der Waals surface area contributed by atoms with Gasteiger partial charge in [-0.2, -0.15) is 0 Å². The molecule has 0 saturated heterocycles. The molecule has 0 aromatic carbocycles. The van der Waals surface area contributed by atoms with Crippen molar-refractivity contribution in [2.75, 3.05) is 0 Å². The summed E-state index contributed by atoms with van der Waals surface area (Å²) in [5.74, 6) is 0.0882. The van der Waals surface area contributed by atoms with Gasteiger partial charge in [0.05, 0.1) is 6.10 Å². The molecule has 0 heterocycles. The second kappa shape index (κ2) is 5.18. The lowest BCUT2D eigenvalue weighted by Gasteiger charge is -2.16. The predicted octanol–water partition coefficient (Wildman–Crippen LogP) is 2.22. The molecule has 0 aliphatic heterocycles. The minimum Gasteiger partial charge on any atom is -0.392 e. The molecule has 0 saturated carbocycles. The average Bonchev–Trinajstić information content (AvgIpc) is 2.03. The first-order chi connectivity index (χ1) is 6.22. The van der Waals surface area contributed by atoms with Crippen molar-refractivity contribution in [2.45, 2.75) is 51.6 Å². The van der Waals surface area contributed by atoms with E-state index in [1.807, 2.05) is 0 Å². The SMILES string of the molecule is CCCCC[13C]1=[13CH][13C](=O)[13CH2][13CH](O)[13CH2]1. The van der Waals surface area contributed by atoms with E-state index in [2.05, 4.69) is 6.92 Å². The summed E-state index contributed by atoms with van der Waals surface area (Å²) in [4.78, 5) is 11.1. The number of hydrogen-bond donors (Lipinski definition) is 1. The van der Waals surface area contributed by atoms with Crippen molar-refractivity contribution in [1.29, 1.82) is 0 Å². The molecule has 0 spiro atoms. The van der Waals surface area contributed by atoms with Crippen LogP contribution < -0.4 is 0 Å². The van der Waals surface area contributed by atoms with E-state index in [0.29, 0.717) is 12.8 Å². The highest BCUT2D eigenvalue weighted by Crippen LogP contribution is 2.20. The van der Waals surface area contributed by atoms with Gasteiger partial charge in [-0.05, 0) is 25.3 Å². The quantitative estimate of drug-likeness (QED) is 0.542. The molecule has 74 valence electrons. The zero-order valence-corrected chi connectivity index (χ0v) is 8.25. The molecular weight excluding hydrogens is 170 g/mol. The van der Waals surface area contributed by atoms with E-state index in [-0.39, 0.29) is 5.78 Å². The van der Waals surface area contributed by atoms with Crippen LogP contribution in [-0.4, -0.2) is 17.0 Å². The van der Waals surface area contributed by atoms with Gasteiger partial charge in [-0.15, -0.1) is 0 Å². The Bertz CT molecular complexity index is 206. The van der Waals surface area contributed by atoms with Crippen molar-refractivity contribution in [3.8, 4) is 0 Å². The summed E-state index contributed by atoms with van der Waals surface area (Å²) in [7, 11) is 0. The summed E-state index contributed by atoms with van der Waals surface area (Å²) in [6, 6.07) is 0. The van der Waals surface area contributed by atoms with Crippen molar-refractivity contribution >= 4 is 5.78 Å². The topological polar surface area (TPSA) is 37.3 Å². The van der Waals surface area contributed by atoms with Gasteiger partial charge in [0.2, 0.25) is 0 Å². The standard InChI is InChI=1S/C11H18O2/c1-2-3-4-5-9-6-10(12)8-11(13)7-9/h6,11,13H,2-5,7-8H2,1H3/i6+1,7+1,8+1,9+1,10+1,11+1. The molecule has 2 heteroatoms. The maximum atomic E-state index is 11.1. The summed E-state index contributed by atoms with van der Waals surface area (Å²) in [5.41, 5.74) is 1.14. The molecule has 2 nitrogen and oxygen atoms in total. The number of hydrogen-bond acceptors (Lipinski definition) is 2. The lowest BCUT2D eigenvalue weighted by atomic mass is 10.2. The molecule has 0 bridgehead atoms. The Morgan fingerprint density at radius 3 is 2.85 bits per heavy atom. The molecular formula is C11H18O2. The van der Waals surface area contributed by atoms with E-state index in [1.54, 1.807) is 6.08 Å². The van der Waals surface area contributed by atoms with Crippen LogP contribution in [0.2, 0.25) is 0 Å². The first kappa shape index (κ1) is 10.5. The van der Waals surface area contributed by atoms with E-state index in [9.17, 15) is 9.90 Å². The van der Waals surface area contributed by atoms with E-state index < -0.39 is 6.10 Å². The fraction of sp³-hybridized carbons (Fsp3) is 0.727. The zero-order chi connectivity index (χ0) is 9.68. The first-order valence-electron chi connectivity index (χ1n) is 5.12. The summed E-state index contributed by atoms with van der Waals surface area (Å²) in [5, 5.41) is 9.34. The Hall–Kier alpha value is -0.630. The molecule has 0 fully saturated rings. The van der Waals surface area contributed by atoms with Crippen LogP contribution in [0.5, 0.6) is 0 Å². The van der Waals surface area contributed by atoms with Gasteiger partial charge in [-0.25, -0.2) is 0 Å². The van der Waals surface area contributed by atoms with E-state index >= 15 is 0 Å². The second-order valence-corrected chi connectivity index (χ2v) is 3.79. The van der Waals surface area contributed by atoms with Gasteiger partial charge in [-0.1, -0.05) is 25.3 Å². The van der Waals surface area contributed by atoms with Crippen LogP contribution >= 0.6 is 0 Å². The van der Waals surface area contributed by atoms with Crippen LogP contribution in [-0.2, 0) is 4.79 Å². The van der Waals surface area contributed by atoms with Crippen LogP contribution in [0.3, 0.4) is 0 Å². The lowest BCUT2D eigenvalue weighted by molar-refractivity contribution is -0.117. The van der Waals surface area contributed by atoms with Crippen LogP contribution in [0.25, 0.3) is 0 Å². The van der Waals surface area contributed by atoms with Crippen molar-refractivity contribution in [3.05, 3.63) is 11.6 Å². The molecule has 1 aliphatic carbocycles. The number of rotatable bonds is 4. The molecule has 1 rings (SSSR count). The Labute approximate surface area is 79.6 Å². The maximum Gasteiger partial charge on any atom is 0.158 e. The Balaban J connectivity index is 2.35. The maximum absolute atomic E-state index is 11.1. The van der Waals surface area contributed by atoms with E-state index in [1.165, 1.54) is 12.8 Å². The number of carbonyl (C=O) groups is 1. The van der Waals surface area contributed by atoms with Crippen molar-refractivity contribution < 1.29 is 9.90 Å². The number of aliphatic hydroxyl groups is 1. The third-order valence-electron chi connectivity index (χ3n) is 2.40. The molecule has 13 heavy (non-hydrogen) atoms. The van der Waals surface area contributed by atoms with Gasteiger partial charge < -0.3 is 5.11 Å². The Kier molecular flexibility index (Phi) is 4.16. The van der Waals surface area contributed by atoms with E-state index in [0.717, 1.165) is 18.4 Å². The normalized spacial score (nSPS) is 23.1. The number of carbonyl (C=O) groups excluding carboxylic acids is 1. The monoisotopic (exact) mass is 188 g/mol. The van der Waals surface area contributed by atoms with Crippen molar-refractivity contribution in [3.63, 3.8) is 0 Å². The molecule has 0 amide bonds. The number of unbranched alkanes of at least 4 members (excludes halogenated alkanes) is 2. The van der Waals surface area contributed by atoms with E-state index in [4.69, 9.17) is 0 Å². The predicted molar refractivity (Wildman–Crippen MR) is 52.5 cm³/mol. The highest BCUT2D eigenvalue weighted by atomic mass is 16.4. The number of ketones is 1. The van der Waals surface area contributed by atoms with Gasteiger partial charge in [-0.3, -0.25) is 4.79 Å². The molecule has 0 aromatic rings. The number of aliphatic hydroxyl groups excluding tert-OH is 1. The summed E-state index contributed by atoms with van der Waals surface area (Å²) < 4.78 is 0. The Morgan fingerprint density at radius 1 is 1.46 bits per heavy atom. The second-order valence-electron chi connectivity index (χ2n) is 3.79. The Morgan fingerprint density at radius 2 is 2.23 bits per heavy atom. The fourth-order valence-electron chi connectivity index (χ4n) is 1.73. The van der Waals surface area contributed by atoms with Gasteiger partial charge in [0.1, 0.15) is 0 Å². The third-order valence-corrected chi connectivity index (χ3v) is 2.40. The minimum absolute atomic E-state index is 0.0882. The molecule has 0 aromatic heterocycles. The van der Waals surface area contributed by atoms with Crippen LogP contribution in [0.15, 0.2) is 11.6 Å². The average molecular weight is 188 g/mol. The van der Waals surface area contributed by atoms with Crippen LogP contribution in [0.1, 0.15) is 45.4 Å². The fourth-order valence-corrected chi connectivity index (χ4v) is 1.73. The molecule has 1 unspecified atom stereocenters. The van der Waals surface area contributed by atoms with Crippen molar-refractivity contribution in [1.82, 2.24) is 0 Å². The summed E-state index contributed by atoms with van der Waals surface area (Å²) >= 11 is 0. The molecule has 1 N–H and O–H groups in total. The van der Waals surface area contributed by atoms with Gasteiger partial charge in [0.25, 0.3) is 0 Å². The summed E-state index contributed by atoms with van der Waals surface area (Å²) in [6.45, 7) is 2.16. The largest absolute Gasteiger partial charge is 0.392 e. The van der Waals surface area contributed by atoms with Gasteiger partial charge in [0, 0.05) is 6.42 Å². The minimum atomic E-state index is -0.422. The highest BCUT2D eigenvalue weighted by molar-refractivity contribution is 5.91. The zero-order valence-electron chi connectivity index (χ0n) is 8.25. The molecule has 1 atom stereocenters. The molecule has 1 aliphatic rings. The summed E-state index contributed by atoms with van der Waals surface area (Å²) in [6.07, 6.45) is 6.86. The molecule has 0 radical (unpaired) electrons. The van der Waals surface area contributed by atoms with Gasteiger partial charge >= 0.3 is 0 Å². The third kappa shape index (κ3) is 3.73. The van der Waals surface area contributed by atoms with Crippen molar-refractivity contribution in [2.24, 2.45) is 0 Å². The lowest BCUT2D eigenvalue weighted by Crippen LogP contribution is -2.18. The van der Waals surface area contributed by atoms with Crippen LogP contribution in [0, 0.1) is 0 Å². The number of allylic oxidation sites excluding steroid dienone is 1. The first-order valence-corrected chi connectivity index (χ1v) is 5.12.